The Morgan fingerprint density at radius 1 is 1.11 bits per heavy atom. The first-order chi connectivity index (χ1) is 9.22. The Bertz CT molecular complexity index is 317. The third kappa shape index (κ3) is 3.69. The fourth-order valence-electron chi connectivity index (χ4n) is 3.03. The summed E-state index contributed by atoms with van der Waals surface area (Å²) >= 11 is 0. The van der Waals surface area contributed by atoms with E-state index in [9.17, 15) is 9.59 Å². The molecule has 1 atom stereocenters. The molecule has 2 aliphatic rings. The summed E-state index contributed by atoms with van der Waals surface area (Å²) in [5.41, 5.74) is 0. The molecule has 2 fully saturated rings. The fraction of sp³-hybridized carbons (Fsp3) is 0.857. The van der Waals surface area contributed by atoms with E-state index >= 15 is 0 Å². The summed E-state index contributed by atoms with van der Waals surface area (Å²) in [7, 11) is 1.68. The Labute approximate surface area is 115 Å². The molecule has 2 rings (SSSR count). The van der Waals surface area contributed by atoms with Gasteiger partial charge < -0.3 is 15.5 Å². The molecular formula is C14H25N3O2. The van der Waals surface area contributed by atoms with Gasteiger partial charge >= 0.3 is 0 Å². The number of rotatable bonds is 2. The normalized spacial score (nSPS) is 25.7. The maximum Gasteiger partial charge on any atom is 0.239 e. The maximum atomic E-state index is 12.4. The van der Waals surface area contributed by atoms with Crippen LogP contribution in [0, 0.1) is 5.92 Å². The highest BCUT2D eigenvalue weighted by Crippen LogP contribution is 2.19. The number of nitrogens with one attached hydrogen (secondary N) is 2. The number of hydrogen-bond acceptors (Lipinski definition) is 3. The van der Waals surface area contributed by atoms with E-state index in [1.54, 1.807) is 7.05 Å². The van der Waals surface area contributed by atoms with Gasteiger partial charge in [0.1, 0.15) is 0 Å². The molecule has 0 bridgehead atoms. The molecule has 2 saturated heterocycles. The smallest absolute Gasteiger partial charge is 0.239 e. The zero-order valence-electron chi connectivity index (χ0n) is 11.8. The van der Waals surface area contributed by atoms with E-state index < -0.39 is 0 Å². The summed E-state index contributed by atoms with van der Waals surface area (Å²) in [6.45, 7) is 2.38. The molecule has 0 saturated carbocycles. The highest BCUT2D eigenvalue weighted by molar-refractivity contribution is 5.83. The van der Waals surface area contributed by atoms with E-state index in [0.717, 1.165) is 45.3 Å². The van der Waals surface area contributed by atoms with Crippen molar-refractivity contribution in [3.8, 4) is 0 Å². The molecule has 19 heavy (non-hydrogen) atoms. The van der Waals surface area contributed by atoms with Crippen molar-refractivity contribution in [2.75, 3.05) is 26.7 Å². The third-order valence-corrected chi connectivity index (χ3v) is 4.28. The van der Waals surface area contributed by atoms with Crippen molar-refractivity contribution < 1.29 is 9.59 Å². The molecular weight excluding hydrogens is 242 g/mol. The van der Waals surface area contributed by atoms with Gasteiger partial charge in [-0.2, -0.15) is 0 Å². The molecule has 5 nitrogen and oxygen atoms in total. The van der Waals surface area contributed by atoms with E-state index in [4.69, 9.17) is 0 Å². The Morgan fingerprint density at radius 2 is 1.84 bits per heavy atom. The molecule has 2 aliphatic heterocycles. The van der Waals surface area contributed by atoms with Crippen molar-refractivity contribution in [1.29, 1.82) is 0 Å². The predicted octanol–water partition coefficient (Wildman–Crippen LogP) is 0.503. The molecule has 0 radical (unpaired) electrons. The molecule has 5 heteroatoms. The molecule has 108 valence electrons. The van der Waals surface area contributed by atoms with Crippen LogP contribution in [-0.2, 0) is 9.59 Å². The summed E-state index contributed by atoms with van der Waals surface area (Å²) < 4.78 is 0. The van der Waals surface area contributed by atoms with Crippen LogP contribution >= 0.6 is 0 Å². The van der Waals surface area contributed by atoms with Gasteiger partial charge in [-0.15, -0.1) is 0 Å². The molecule has 0 spiro atoms. The van der Waals surface area contributed by atoms with Gasteiger partial charge in [-0.1, -0.05) is 12.8 Å². The lowest BCUT2D eigenvalue weighted by molar-refractivity contribution is -0.137. The minimum Gasteiger partial charge on any atom is -0.359 e. The van der Waals surface area contributed by atoms with Crippen LogP contribution in [0.3, 0.4) is 0 Å². The summed E-state index contributed by atoms with van der Waals surface area (Å²) in [5, 5.41) is 6.05. The van der Waals surface area contributed by atoms with Crippen LogP contribution < -0.4 is 10.6 Å². The van der Waals surface area contributed by atoms with Crippen molar-refractivity contribution in [2.24, 2.45) is 5.92 Å². The van der Waals surface area contributed by atoms with Gasteiger partial charge in [0.15, 0.2) is 0 Å². The second kappa shape index (κ2) is 6.89. The van der Waals surface area contributed by atoms with E-state index in [2.05, 4.69) is 10.6 Å². The lowest BCUT2D eigenvalue weighted by Crippen LogP contribution is -2.50. The van der Waals surface area contributed by atoms with E-state index in [1.165, 1.54) is 12.8 Å². The fourth-order valence-corrected chi connectivity index (χ4v) is 3.03. The van der Waals surface area contributed by atoms with Crippen molar-refractivity contribution in [2.45, 2.75) is 44.6 Å². The number of carbonyl (C=O) groups excluding carboxylic acids is 2. The van der Waals surface area contributed by atoms with E-state index in [-0.39, 0.29) is 23.8 Å². The van der Waals surface area contributed by atoms with Crippen LogP contribution in [-0.4, -0.2) is 49.4 Å². The van der Waals surface area contributed by atoms with Gasteiger partial charge in [0.2, 0.25) is 11.8 Å². The van der Waals surface area contributed by atoms with Gasteiger partial charge in [0.25, 0.3) is 0 Å². The standard InChI is InChI=1S/C14H25N3O2/c1-15-13(18)11-6-9-17(10-7-11)14(19)12-5-3-2-4-8-16-12/h11-12,16H,2-10H2,1H3,(H,15,18). The van der Waals surface area contributed by atoms with Crippen LogP contribution in [0.2, 0.25) is 0 Å². The summed E-state index contributed by atoms with van der Waals surface area (Å²) in [4.78, 5) is 25.9. The first-order valence-corrected chi connectivity index (χ1v) is 7.46. The topological polar surface area (TPSA) is 61.4 Å². The highest BCUT2D eigenvalue weighted by atomic mass is 16.2. The highest BCUT2D eigenvalue weighted by Gasteiger charge is 2.30. The molecule has 1 unspecified atom stereocenters. The molecule has 2 N–H and O–H groups in total. The van der Waals surface area contributed by atoms with Crippen molar-refractivity contribution in [3.63, 3.8) is 0 Å². The first-order valence-electron chi connectivity index (χ1n) is 7.46. The number of amides is 2. The Balaban J connectivity index is 1.83. The second-order valence-corrected chi connectivity index (χ2v) is 5.57. The number of piperidine rings is 1. The average Bonchev–Trinajstić information content (AvgIpc) is 2.75. The van der Waals surface area contributed by atoms with Crippen LogP contribution in [0.5, 0.6) is 0 Å². The van der Waals surface area contributed by atoms with Gasteiger partial charge in [-0.05, 0) is 32.2 Å². The van der Waals surface area contributed by atoms with Crippen molar-refractivity contribution in [1.82, 2.24) is 15.5 Å². The van der Waals surface area contributed by atoms with Crippen LogP contribution in [0.25, 0.3) is 0 Å². The molecule has 2 amide bonds. The molecule has 0 aromatic carbocycles. The largest absolute Gasteiger partial charge is 0.359 e. The van der Waals surface area contributed by atoms with Gasteiger partial charge in [-0.25, -0.2) is 0 Å². The summed E-state index contributed by atoms with van der Waals surface area (Å²) in [5.74, 6) is 0.424. The molecule has 2 heterocycles. The lowest BCUT2D eigenvalue weighted by Gasteiger charge is -2.33. The number of hydrogen-bond donors (Lipinski definition) is 2. The van der Waals surface area contributed by atoms with Crippen molar-refractivity contribution in [3.05, 3.63) is 0 Å². The van der Waals surface area contributed by atoms with Crippen LogP contribution in [0.15, 0.2) is 0 Å². The zero-order chi connectivity index (χ0) is 13.7. The minimum absolute atomic E-state index is 0.000878. The third-order valence-electron chi connectivity index (χ3n) is 4.28. The Morgan fingerprint density at radius 3 is 2.53 bits per heavy atom. The Hall–Kier alpha value is -1.10. The number of likely N-dealkylation sites (tertiary alicyclic amines) is 1. The number of carbonyl (C=O) groups is 2. The second-order valence-electron chi connectivity index (χ2n) is 5.57. The minimum atomic E-state index is -0.000878. The van der Waals surface area contributed by atoms with Gasteiger partial charge in [-0.3, -0.25) is 9.59 Å². The first kappa shape index (κ1) is 14.3. The van der Waals surface area contributed by atoms with E-state index in [1.807, 2.05) is 4.90 Å². The predicted molar refractivity (Wildman–Crippen MR) is 73.6 cm³/mol. The zero-order valence-corrected chi connectivity index (χ0v) is 11.8. The van der Waals surface area contributed by atoms with Crippen molar-refractivity contribution >= 4 is 11.8 Å². The molecule has 0 aromatic rings. The van der Waals surface area contributed by atoms with Gasteiger partial charge in [0, 0.05) is 26.1 Å². The molecule has 0 aromatic heterocycles. The summed E-state index contributed by atoms with van der Waals surface area (Å²) in [6.07, 6.45) is 6.06. The monoisotopic (exact) mass is 267 g/mol. The summed E-state index contributed by atoms with van der Waals surface area (Å²) in [6, 6.07) is -0.000878. The lowest BCUT2D eigenvalue weighted by atomic mass is 9.95. The SMILES string of the molecule is CNC(=O)C1CCN(C(=O)C2CCCCCN2)CC1. The van der Waals surface area contributed by atoms with E-state index in [0.29, 0.717) is 0 Å². The quantitative estimate of drug-likeness (QED) is 0.766. The van der Waals surface area contributed by atoms with Gasteiger partial charge in [0.05, 0.1) is 6.04 Å². The Kier molecular flexibility index (Phi) is 5.19. The van der Waals surface area contributed by atoms with Crippen LogP contribution in [0.1, 0.15) is 38.5 Å². The molecule has 0 aliphatic carbocycles. The average molecular weight is 267 g/mol. The number of nitrogens with zero attached hydrogens (tertiary/aromatic N) is 1. The van der Waals surface area contributed by atoms with Crippen LogP contribution in [0.4, 0.5) is 0 Å². The maximum absolute atomic E-state index is 12.4.